The molecule has 1 aromatic carbocycles. The second-order valence-corrected chi connectivity index (χ2v) is 4.84. The van der Waals surface area contributed by atoms with Crippen LogP contribution in [0.25, 0.3) is 11.0 Å². The first kappa shape index (κ1) is 13.3. The van der Waals surface area contributed by atoms with E-state index in [1.54, 1.807) is 7.11 Å². The van der Waals surface area contributed by atoms with Crippen LogP contribution >= 0.6 is 11.6 Å². The Morgan fingerprint density at radius 3 is 3.00 bits per heavy atom. The zero-order valence-corrected chi connectivity index (χ0v) is 11.4. The molecule has 1 unspecified atom stereocenters. The summed E-state index contributed by atoms with van der Waals surface area (Å²) in [6.07, 6.45) is 1.79. The molecule has 4 nitrogen and oxygen atoms in total. The van der Waals surface area contributed by atoms with Gasteiger partial charge in [0.2, 0.25) is 0 Å². The second kappa shape index (κ2) is 5.69. The predicted molar refractivity (Wildman–Crippen MR) is 73.8 cm³/mol. The minimum absolute atomic E-state index is 0.0728. The van der Waals surface area contributed by atoms with Crippen molar-refractivity contribution in [1.82, 2.24) is 9.55 Å². The number of nitrogens with two attached hydrogens (primary N) is 1. The van der Waals surface area contributed by atoms with Crippen LogP contribution in [0.2, 0.25) is 5.02 Å². The Morgan fingerprint density at radius 2 is 2.28 bits per heavy atom. The molecule has 1 atom stereocenters. The van der Waals surface area contributed by atoms with Gasteiger partial charge in [-0.3, -0.25) is 0 Å². The van der Waals surface area contributed by atoms with Crippen molar-refractivity contribution in [2.75, 3.05) is 13.7 Å². The fraction of sp³-hybridized carbons (Fsp3) is 0.462. The lowest BCUT2D eigenvalue weighted by Crippen LogP contribution is -2.15. The Kier molecular flexibility index (Phi) is 4.22. The average molecular weight is 268 g/mol. The van der Waals surface area contributed by atoms with Crippen LogP contribution in [0.4, 0.5) is 0 Å². The number of rotatable bonds is 5. The van der Waals surface area contributed by atoms with Gasteiger partial charge in [-0.05, 0) is 31.0 Å². The zero-order chi connectivity index (χ0) is 13.1. The van der Waals surface area contributed by atoms with Crippen LogP contribution in [0.1, 0.15) is 24.7 Å². The van der Waals surface area contributed by atoms with Gasteiger partial charge < -0.3 is 15.0 Å². The molecule has 98 valence electrons. The van der Waals surface area contributed by atoms with E-state index >= 15 is 0 Å². The van der Waals surface area contributed by atoms with Crippen molar-refractivity contribution in [2.45, 2.75) is 18.9 Å². The molecule has 1 heterocycles. The highest BCUT2D eigenvalue weighted by molar-refractivity contribution is 6.31. The van der Waals surface area contributed by atoms with Crippen LogP contribution in [0.15, 0.2) is 18.2 Å². The molecule has 0 radical (unpaired) electrons. The molecular formula is C13H18ClN3O. The lowest BCUT2D eigenvalue weighted by atomic mass is 10.1. The molecule has 1 aromatic heterocycles. The summed E-state index contributed by atoms with van der Waals surface area (Å²) in [6, 6.07) is 5.60. The first-order chi connectivity index (χ1) is 8.63. The van der Waals surface area contributed by atoms with Gasteiger partial charge in [0.15, 0.2) is 0 Å². The molecule has 2 aromatic rings. The molecule has 18 heavy (non-hydrogen) atoms. The van der Waals surface area contributed by atoms with Gasteiger partial charge in [0.1, 0.15) is 5.82 Å². The number of benzene rings is 1. The number of halogens is 1. The number of nitrogens with zero attached hydrogens (tertiary/aromatic N) is 2. The average Bonchev–Trinajstić information content (AvgIpc) is 2.67. The summed E-state index contributed by atoms with van der Waals surface area (Å²) in [5.74, 6) is 0.892. The molecule has 5 heteroatoms. The molecule has 0 bridgehead atoms. The molecule has 2 rings (SSSR count). The van der Waals surface area contributed by atoms with Crippen LogP contribution < -0.4 is 5.73 Å². The predicted octanol–water partition coefficient (Wildman–Crippen LogP) is 2.65. The highest BCUT2D eigenvalue weighted by Crippen LogP contribution is 2.23. The quantitative estimate of drug-likeness (QED) is 0.848. The van der Waals surface area contributed by atoms with E-state index in [-0.39, 0.29) is 6.04 Å². The molecule has 0 spiro atoms. The number of aryl methyl sites for hydroxylation is 1. The Morgan fingerprint density at radius 1 is 1.50 bits per heavy atom. The van der Waals surface area contributed by atoms with Crippen LogP contribution in [-0.4, -0.2) is 23.3 Å². The molecule has 0 amide bonds. The Labute approximate surface area is 112 Å². The highest BCUT2D eigenvalue weighted by Gasteiger charge is 2.14. The smallest absolute Gasteiger partial charge is 0.126 e. The van der Waals surface area contributed by atoms with Gasteiger partial charge in [0, 0.05) is 25.8 Å². The van der Waals surface area contributed by atoms with Crippen LogP contribution in [-0.2, 0) is 11.8 Å². The standard InChI is InChI=1S/C13H18ClN3O/c1-17-12-8-9(14)5-6-11(12)16-13(17)10(15)4-3-7-18-2/h5-6,8,10H,3-4,7,15H2,1-2H3. The third kappa shape index (κ3) is 2.66. The van der Waals surface area contributed by atoms with Crippen molar-refractivity contribution in [3.05, 3.63) is 29.0 Å². The number of aromatic nitrogens is 2. The Hall–Kier alpha value is -1.10. The van der Waals surface area contributed by atoms with E-state index in [0.717, 1.165) is 36.3 Å². The fourth-order valence-corrected chi connectivity index (χ4v) is 2.26. The molecule has 2 N–H and O–H groups in total. The van der Waals surface area contributed by atoms with Crippen LogP contribution in [0.3, 0.4) is 0 Å². The maximum absolute atomic E-state index is 6.17. The van der Waals surface area contributed by atoms with E-state index in [1.807, 2.05) is 29.8 Å². The minimum atomic E-state index is -0.0728. The van der Waals surface area contributed by atoms with Crippen molar-refractivity contribution in [3.63, 3.8) is 0 Å². The number of imidazole rings is 1. The number of methoxy groups -OCH3 is 1. The Bertz CT molecular complexity index is 538. The second-order valence-electron chi connectivity index (χ2n) is 4.40. The summed E-state index contributed by atoms with van der Waals surface area (Å²) >= 11 is 5.99. The zero-order valence-electron chi connectivity index (χ0n) is 10.7. The fourth-order valence-electron chi connectivity index (χ4n) is 2.09. The molecule has 0 fully saturated rings. The maximum Gasteiger partial charge on any atom is 0.126 e. The van der Waals surface area contributed by atoms with E-state index in [1.165, 1.54) is 0 Å². The molecule has 0 aliphatic rings. The minimum Gasteiger partial charge on any atom is -0.385 e. The van der Waals surface area contributed by atoms with Crippen molar-refractivity contribution in [1.29, 1.82) is 0 Å². The normalized spacial score (nSPS) is 13.1. The summed E-state index contributed by atoms with van der Waals surface area (Å²) in [5, 5.41) is 0.713. The van der Waals surface area contributed by atoms with E-state index in [9.17, 15) is 0 Å². The lowest BCUT2D eigenvalue weighted by molar-refractivity contribution is 0.190. The molecule has 0 aliphatic carbocycles. The maximum atomic E-state index is 6.17. The van der Waals surface area contributed by atoms with Crippen molar-refractivity contribution in [3.8, 4) is 0 Å². The highest BCUT2D eigenvalue weighted by atomic mass is 35.5. The van der Waals surface area contributed by atoms with Crippen molar-refractivity contribution in [2.24, 2.45) is 12.8 Å². The summed E-state index contributed by atoms with van der Waals surface area (Å²) in [4.78, 5) is 4.57. The summed E-state index contributed by atoms with van der Waals surface area (Å²) in [5.41, 5.74) is 8.11. The van der Waals surface area contributed by atoms with Gasteiger partial charge in [0.05, 0.1) is 17.1 Å². The van der Waals surface area contributed by atoms with E-state index in [2.05, 4.69) is 4.98 Å². The first-order valence-corrected chi connectivity index (χ1v) is 6.37. The largest absolute Gasteiger partial charge is 0.385 e. The van der Waals surface area contributed by atoms with E-state index in [4.69, 9.17) is 22.1 Å². The number of ether oxygens (including phenoxy) is 1. The molecule has 0 saturated heterocycles. The van der Waals surface area contributed by atoms with Crippen molar-refractivity contribution < 1.29 is 4.74 Å². The lowest BCUT2D eigenvalue weighted by Gasteiger charge is -2.11. The van der Waals surface area contributed by atoms with Gasteiger partial charge in [-0.2, -0.15) is 0 Å². The Balaban J connectivity index is 2.25. The molecule has 0 aliphatic heterocycles. The van der Waals surface area contributed by atoms with Crippen LogP contribution in [0.5, 0.6) is 0 Å². The molecular weight excluding hydrogens is 250 g/mol. The summed E-state index contributed by atoms with van der Waals surface area (Å²) in [7, 11) is 3.67. The SMILES string of the molecule is COCCCC(N)c1nc2ccc(Cl)cc2n1C. The third-order valence-corrected chi connectivity index (χ3v) is 3.31. The third-order valence-electron chi connectivity index (χ3n) is 3.07. The molecule has 0 saturated carbocycles. The topological polar surface area (TPSA) is 53.1 Å². The number of fused-ring (bicyclic) bond motifs is 1. The summed E-state index contributed by atoms with van der Waals surface area (Å²) < 4.78 is 7.05. The van der Waals surface area contributed by atoms with Gasteiger partial charge >= 0.3 is 0 Å². The van der Waals surface area contributed by atoms with Gasteiger partial charge in [-0.25, -0.2) is 4.98 Å². The van der Waals surface area contributed by atoms with E-state index < -0.39 is 0 Å². The van der Waals surface area contributed by atoms with Gasteiger partial charge in [-0.1, -0.05) is 11.6 Å². The van der Waals surface area contributed by atoms with Gasteiger partial charge in [-0.15, -0.1) is 0 Å². The van der Waals surface area contributed by atoms with Crippen LogP contribution in [0, 0.1) is 0 Å². The van der Waals surface area contributed by atoms with E-state index in [0.29, 0.717) is 5.02 Å². The number of hydrogen-bond acceptors (Lipinski definition) is 3. The van der Waals surface area contributed by atoms with Gasteiger partial charge in [0.25, 0.3) is 0 Å². The summed E-state index contributed by atoms with van der Waals surface area (Å²) in [6.45, 7) is 0.726. The number of hydrogen-bond donors (Lipinski definition) is 1. The monoisotopic (exact) mass is 267 g/mol. The van der Waals surface area contributed by atoms with Crippen molar-refractivity contribution >= 4 is 22.6 Å². The first-order valence-electron chi connectivity index (χ1n) is 6.00.